The molecular formula is C19H30O2S. The molecule has 0 heterocycles. The van der Waals surface area contributed by atoms with E-state index in [1.54, 1.807) is 17.8 Å². The zero-order valence-electron chi connectivity index (χ0n) is 14.9. The fourth-order valence-electron chi connectivity index (χ4n) is 1.84. The predicted octanol–water partition coefficient (Wildman–Crippen LogP) is 5.84. The van der Waals surface area contributed by atoms with Crippen molar-refractivity contribution in [3.05, 3.63) is 28.8 Å². The summed E-state index contributed by atoms with van der Waals surface area (Å²) in [5.74, 6) is 1.12. The maximum Gasteiger partial charge on any atom is 0.335 e. The highest BCUT2D eigenvalue weighted by Crippen LogP contribution is 2.31. The molecule has 0 bridgehead atoms. The molecule has 0 atom stereocenters. The Hall–Kier alpha value is -1.40. The first-order valence-electron chi connectivity index (χ1n) is 7.66. The number of rotatable bonds is 5. The standard InChI is InChI=1S/C15H22O2S.C2H6.C2H2/c1-9(2)8-18-14-7-12(15(16)17)6-13(10(3)4)11(14)5;2*1-2/h6-7,9-10H,8H2,1-5H3,(H,16,17);1-2H3;1-2H. The minimum atomic E-state index is -0.844. The molecule has 0 aromatic heterocycles. The molecule has 22 heavy (non-hydrogen) atoms. The van der Waals surface area contributed by atoms with E-state index in [-0.39, 0.29) is 0 Å². The van der Waals surface area contributed by atoms with Crippen molar-refractivity contribution < 1.29 is 9.90 Å². The summed E-state index contributed by atoms with van der Waals surface area (Å²) in [5.41, 5.74) is 2.76. The van der Waals surface area contributed by atoms with Gasteiger partial charge in [-0.25, -0.2) is 4.79 Å². The van der Waals surface area contributed by atoms with Gasteiger partial charge in [0.1, 0.15) is 0 Å². The van der Waals surface area contributed by atoms with Gasteiger partial charge in [-0.3, -0.25) is 0 Å². The summed E-state index contributed by atoms with van der Waals surface area (Å²) in [5, 5.41) is 9.17. The van der Waals surface area contributed by atoms with Gasteiger partial charge in [0.15, 0.2) is 0 Å². The Morgan fingerprint density at radius 1 is 1.18 bits per heavy atom. The molecule has 124 valence electrons. The van der Waals surface area contributed by atoms with Crippen molar-refractivity contribution in [3.8, 4) is 12.8 Å². The number of terminal acetylenes is 1. The molecule has 1 N–H and O–H groups in total. The highest BCUT2D eigenvalue weighted by molar-refractivity contribution is 7.99. The van der Waals surface area contributed by atoms with Gasteiger partial charge in [-0.15, -0.1) is 24.6 Å². The lowest BCUT2D eigenvalue weighted by Crippen LogP contribution is -2.03. The monoisotopic (exact) mass is 322 g/mol. The maximum atomic E-state index is 11.2. The van der Waals surface area contributed by atoms with Gasteiger partial charge in [-0.2, -0.15) is 0 Å². The van der Waals surface area contributed by atoms with E-state index in [2.05, 4.69) is 47.5 Å². The lowest BCUT2D eigenvalue weighted by Gasteiger charge is -2.16. The topological polar surface area (TPSA) is 37.3 Å². The van der Waals surface area contributed by atoms with Crippen molar-refractivity contribution in [2.75, 3.05) is 5.75 Å². The number of benzene rings is 1. The molecule has 0 aliphatic heterocycles. The third-order valence-corrected chi connectivity index (χ3v) is 4.41. The van der Waals surface area contributed by atoms with E-state index >= 15 is 0 Å². The summed E-state index contributed by atoms with van der Waals surface area (Å²) >= 11 is 1.75. The SMILES string of the molecule is C#C.CC.Cc1c(SCC(C)C)cc(C(=O)O)cc1C(C)C. The van der Waals surface area contributed by atoms with Gasteiger partial charge in [0.05, 0.1) is 5.56 Å². The number of carboxylic acids is 1. The van der Waals surface area contributed by atoms with E-state index in [9.17, 15) is 9.90 Å². The molecule has 0 saturated carbocycles. The third-order valence-electron chi connectivity index (χ3n) is 2.84. The van der Waals surface area contributed by atoms with Crippen LogP contribution in [0.1, 0.15) is 68.9 Å². The van der Waals surface area contributed by atoms with Crippen molar-refractivity contribution >= 4 is 17.7 Å². The molecular weight excluding hydrogens is 292 g/mol. The van der Waals surface area contributed by atoms with Crippen molar-refractivity contribution in [2.24, 2.45) is 5.92 Å². The number of hydrogen-bond acceptors (Lipinski definition) is 2. The Kier molecular flexibility index (Phi) is 12.7. The Morgan fingerprint density at radius 3 is 2.05 bits per heavy atom. The van der Waals surface area contributed by atoms with E-state index in [1.165, 1.54) is 5.56 Å². The second-order valence-corrected chi connectivity index (χ2v) is 6.42. The molecule has 1 rings (SSSR count). The Bertz CT molecular complexity index is 474. The highest BCUT2D eigenvalue weighted by Gasteiger charge is 2.14. The summed E-state index contributed by atoms with van der Waals surface area (Å²) in [6.07, 6.45) is 8.00. The molecule has 1 aromatic rings. The van der Waals surface area contributed by atoms with Crippen LogP contribution in [0.15, 0.2) is 17.0 Å². The second-order valence-electron chi connectivity index (χ2n) is 5.35. The van der Waals surface area contributed by atoms with Crippen molar-refractivity contribution in [1.29, 1.82) is 0 Å². The maximum absolute atomic E-state index is 11.2. The molecule has 2 nitrogen and oxygen atoms in total. The summed E-state index contributed by atoms with van der Waals surface area (Å²) < 4.78 is 0. The van der Waals surface area contributed by atoms with Crippen LogP contribution < -0.4 is 0 Å². The van der Waals surface area contributed by atoms with Crippen LogP contribution >= 0.6 is 11.8 Å². The smallest absolute Gasteiger partial charge is 0.335 e. The van der Waals surface area contributed by atoms with E-state index in [0.29, 0.717) is 17.4 Å². The molecule has 0 spiro atoms. The highest BCUT2D eigenvalue weighted by atomic mass is 32.2. The fourth-order valence-corrected chi connectivity index (χ4v) is 2.90. The molecule has 0 aliphatic rings. The van der Waals surface area contributed by atoms with Gasteiger partial charge in [0, 0.05) is 10.6 Å². The van der Waals surface area contributed by atoms with Crippen LogP contribution in [0.4, 0.5) is 0 Å². The van der Waals surface area contributed by atoms with Crippen LogP contribution in [0.3, 0.4) is 0 Å². The van der Waals surface area contributed by atoms with E-state index in [1.807, 2.05) is 19.9 Å². The van der Waals surface area contributed by atoms with Crippen molar-refractivity contribution in [1.82, 2.24) is 0 Å². The Labute approximate surface area is 140 Å². The zero-order chi connectivity index (χ0) is 17.9. The van der Waals surface area contributed by atoms with Gasteiger partial charge in [-0.05, 0) is 42.0 Å². The number of hydrogen-bond donors (Lipinski definition) is 1. The lowest BCUT2D eigenvalue weighted by molar-refractivity contribution is 0.0696. The molecule has 1 aromatic carbocycles. The molecule has 0 fully saturated rings. The number of aromatic carboxylic acids is 1. The minimum absolute atomic E-state index is 0.350. The van der Waals surface area contributed by atoms with Crippen molar-refractivity contribution in [3.63, 3.8) is 0 Å². The number of carboxylic acid groups (broad SMARTS) is 1. The average Bonchev–Trinajstić information content (AvgIpc) is 2.49. The van der Waals surface area contributed by atoms with Crippen LogP contribution in [0.2, 0.25) is 0 Å². The first-order chi connectivity index (χ1) is 10.3. The summed E-state index contributed by atoms with van der Waals surface area (Å²) in [6, 6.07) is 3.61. The third kappa shape index (κ3) is 7.56. The van der Waals surface area contributed by atoms with Crippen LogP contribution in [-0.2, 0) is 0 Å². The predicted molar refractivity (Wildman–Crippen MR) is 99.0 cm³/mol. The van der Waals surface area contributed by atoms with Crippen LogP contribution in [0.5, 0.6) is 0 Å². The molecule has 0 amide bonds. The van der Waals surface area contributed by atoms with Gasteiger partial charge < -0.3 is 5.11 Å². The molecule has 3 heteroatoms. The fraction of sp³-hybridized carbons (Fsp3) is 0.526. The molecule has 0 radical (unpaired) electrons. The zero-order valence-corrected chi connectivity index (χ0v) is 15.8. The van der Waals surface area contributed by atoms with Crippen LogP contribution in [0, 0.1) is 25.7 Å². The average molecular weight is 323 g/mol. The first kappa shape index (κ1) is 22.9. The quantitative estimate of drug-likeness (QED) is 0.546. The lowest BCUT2D eigenvalue weighted by atomic mass is 9.96. The molecule has 0 aliphatic carbocycles. The van der Waals surface area contributed by atoms with Gasteiger partial charge in [0.2, 0.25) is 0 Å². The van der Waals surface area contributed by atoms with E-state index < -0.39 is 5.97 Å². The van der Waals surface area contributed by atoms with E-state index in [0.717, 1.165) is 16.2 Å². The number of carbonyl (C=O) groups is 1. The number of thioether (sulfide) groups is 1. The summed E-state index contributed by atoms with van der Waals surface area (Å²) in [6.45, 7) is 14.6. The van der Waals surface area contributed by atoms with Gasteiger partial charge in [0.25, 0.3) is 0 Å². The molecule has 0 saturated heterocycles. The van der Waals surface area contributed by atoms with Crippen molar-refractivity contribution in [2.45, 2.75) is 59.3 Å². The Morgan fingerprint density at radius 2 is 1.68 bits per heavy atom. The summed E-state index contributed by atoms with van der Waals surface area (Å²) in [7, 11) is 0. The Balaban J connectivity index is 0. The normalized spacial score (nSPS) is 9.59. The first-order valence-corrected chi connectivity index (χ1v) is 8.65. The minimum Gasteiger partial charge on any atom is -0.478 e. The van der Waals surface area contributed by atoms with Gasteiger partial charge in [-0.1, -0.05) is 41.5 Å². The molecule has 0 unspecified atom stereocenters. The van der Waals surface area contributed by atoms with Crippen LogP contribution in [0.25, 0.3) is 0 Å². The summed E-state index contributed by atoms with van der Waals surface area (Å²) in [4.78, 5) is 12.3. The van der Waals surface area contributed by atoms with Gasteiger partial charge >= 0.3 is 5.97 Å². The second kappa shape index (κ2) is 12.2. The largest absolute Gasteiger partial charge is 0.478 e. The van der Waals surface area contributed by atoms with Crippen LogP contribution in [-0.4, -0.2) is 16.8 Å². The van der Waals surface area contributed by atoms with E-state index in [4.69, 9.17) is 0 Å².